The first kappa shape index (κ1) is 20.9. The summed E-state index contributed by atoms with van der Waals surface area (Å²) in [6, 6.07) is 11.4. The molecule has 3 rings (SSSR count). The number of nitrogens with zero attached hydrogens (tertiary/aromatic N) is 2. The fraction of sp³-hybridized carbons (Fsp3) is 0.250. The van der Waals surface area contributed by atoms with Gasteiger partial charge in [-0.3, -0.25) is 9.59 Å². The SMILES string of the molecule is CCOC(=O)Cn1c(=NC(=O)c2ccc(S(C)(=O)=O)cc2)sc2cc(C)ccc21. The van der Waals surface area contributed by atoms with E-state index < -0.39 is 21.7 Å². The minimum absolute atomic E-state index is 0.0595. The summed E-state index contributed by atoms with van der Waals surface area (Å²) in [5.41, 5.74) is 2.10. The maximum absolute atomic E-state index is 12.6. The molecule has 0 saturated carbocycles. The van der Waals surface area contributed by atoms with E-state index in [1.165, 1.54) is 35.6 Å². The summed E-state index contributed by atoms with van der Waals surface area (Å²) in [4.78, 5) is 29.4. The average molecular weight is 433 g/mol. The van der Waals surface area contributed by atoms with Gasteiger partial charge in [-0.1, -0.05) is 17.4 Å². The molecule has 0 N–H and O–H groups in total. The zero-order valence-corrected chi connectivity index (χ0v) is 17.8. The number of amides is 1. The average Bonchev–Trinajstić information content (AvgIpc) is 2.97. The monoisotopic (exact) mass is 432 g/mol. The second kappa shape index (κ2) is 8.30. The Labute approximate surface area is 172 Å². The molecule has 0 bridgehead atoms. The number of hydrogen-bond donors (Lipinski definition) is 0. The number of carbonyl (C=O) groups excluding carboxylic acids is 2. The van der Waals surface area contributed by atoms with Gasteiger partial charge in [0.05, 0.1) is 21.7 Å². The van der Waals surface area contributed by atoms with Crippen LogP contribution in [0.15, 0.2) is 52.4 Å². The molecule has 29 heavy (non-hydrogen) atoms. The maximum Gasteiger partial charge on any atom is 0.326 e. The van der Waals surface area contributed by atoms with E-state index >= 15 is 0 Å². The standard InChI is InChI=1S/C20H20N2O5S2/c1-4-27-18(23)12-22-16-10-5-13(2)11-17(16)28-20(22)21-19(24)14-6-8-15(9-7-14)29(3,25)26/h5-11H,4,12H2,1-3H3. The van der Waals surface area contributed by atoms with Gasteiger partial charge >= 0.3 is 5.97 Å². The Morgan fingerprint density at radius 3 is 2.45 bits per heavy atom. The molecule has 7 nitrogen and oxygen atoms in total. The largest absolute Gasteiger partial charge is 0.465 e. The molecule has 0 aliphatic rings. The van der Waals surface area contributed by atoms with Crippen LogP contribution in [0.25, 0.3) is 10.2 Å². The number of carbonyl (C=O) groups is 2. The van der Waals surface area contributed by atoms with Crippen molar-refractivity contribution in [3.8, 4) is 0 Å². The van der Waals surface area contributed by atoms with E-state index in [0.29, 0.717) is 4.80 Å². The van der Waals surface area contributed by atoms with Crippen molar-refractivity contribution in [2.24, 2.45) is 4.99 Å². The normalized spacial score (nSPS) is 12.3. The molecule has 3 aromatic rings. The number of rotatable bonds is 5. The summed E-state index contributed by atoms with van der Waals surface area (Å²) >= 11 is 1.30. The summed E-state index contributed by atoms with van der Waals surface area (Å²) in [6.07, 6.45) is 1.10. The van der Waals surface area contributed by atoms with Crippen LogP contribution in [0.2, 0.25) is 0 Å². The third-order valence-electron chi connectivity index (χ3n) is 4.16. The van der Waals surface area contributed by atoms with E-state index in [1.54, 1.807) is 11.5 Å². The maximum atomic E-state index is 12.6. The van der Waals surface area contributed by atoms with E-state index in [-0.39, 0.29) is 23.6 Å². The Morgan fingerprint density at radius 2 is 1.83 bits per heavy atom. The highest BCUT2D eigenvalue weighted by Gasteiger charge is 2.14. The Bertz CT molecular complexity index is 1250. The number of ether oxygens (including phenoxy) is 1. The van der Waals surface area contributed by atoms with Crippen molar-refractivity contribution in [2.75, 3.05) is 12.9 Å². The van der Waals surface area contributed by atoms with Crippen molar-refractivity contribution >= 4 is 43.3 Å². The van der Waals surface area contributed by atoms with Crippen molar-refractivity contribution < 1.29 is 22.7 Å². The van der Waals surface area contributed by atoms with Gasteiger partial charge in [0.2, 0.25) is 0 Å². The fourth-order valence-electron chi connectivity index (χ4n) is 2.75. The zero-order valence-electron chi connectivity index (χ0n) is 16.2. The van der Waals surface area contributed by atoms with Gasteiger partial charge in [-0.05, 0) is 55.8 Å². The van der Waals surface area contributed by atoms with Gasteiger partial charge < -0.3 is 9.30 Å². The quantitative estimate of drug-likeness (QED) is 0.578. The molecule has 0 unspecified atom stereocenters. The molecule has 1 heterocycles. The fourth-order valence-corrected chi connectivity index (χ4v) is 4.51. The molecule has 1 aromatic heterocycles. The lowest BCUT2D eigenvalue weighted by Gasteiger charge is -2.05. The van der Waals surface area contributed by atoms with E-state index in [1.807, 2.05) is 25.1 Å². The van der Waals surface area contributed by atoms with Crippen LogP contribution in [0.1, 0.15) is 22.8 Å². The third kappa shape index (κ3) is 4.80. The summed E-state index contributed by atoms with van der Waals surface area (Å²) < 4.78 is 30.7. The van der Waals surface area contributed by atoms with Gasteiger partial charge in [-0.15, -0.1) is 0 Å². The van der Waals surface area contributed by atoms with Gasteiger partial charge in [0, 0.05) is 11.8 Å². The summed E-state index contributed by atoms with van der Waals surface area (Å²) in [6.45, 7) is 3.89. The molecule has 0 aliphatic carbocycles. The van der Waals surface area contributed by atoms with Crippen molar-refractivity contribution in [1.29, 1.82) is 0 Å². The topological polar surface area (TPSA) is 94.8 Å². The van der Waals surface area contributed by atoms with Crippen LogP contribution in [-0.4, -0.2) is 37.7 Å². The van der Waals surface area contributed by atoms with E-state index in [0.717, 1.165) is 22.0 Å². The van der Waals surface area contributed by atoms with Crippen molar-refractivity contribution in [1.82, 2.24) is 4.57 Å². The van der Waals surface area contributed by atoms with Gasteiger partial charge in [0.25, 0.3) is 5.91 Å². The van der Waals surface area contributed by atoms with Gasteiger partial charge in [0.15, 0.2) is 14.6 Å². The highest BCUT2D eigenvalue weighted by molar-refractivity contribution is 7.90. The number of benzene rings is 2. The lowest BCUT2D eigenvalue weighted by Crippen LogP contribution is -2.23. The Kier molecular flexibility index (Phi) is 5.99. The van der Waals surface area contributed by atoms with Crippen LogP contribution in [0, 0.1) is 6.92 Å². The third-order valence-corrected chi connectivity index (χ3v) is 6.33. The van der Waals surface area contributed by atoms with Crippen molar-refractivity contribution in [3.05, 3.63) is 58.4 Å². The highest BCUT2D eigenvalue weighted by atomic mass is 32.2. The molecule has 0 atom stereocenters. The van der Waals surface area contributed by atoms with Crippen LogP contribution in [-0.2, 0) is 25.9 Å². The van der Waals surface area contributed by atoms with Gasteiger partial charge in [0.1, 0.15) is 6.54 Å². The molecule has 0 radical (unpaired) electrons. The predicted molar refractivity (Wildman–Crippen MR) is 111 cm³/mol. The molecule has 9 heteroatoms. The Morgan fingerprint density at radius 1 is 1.14 bits per heavy atom. The van der Waals surface area contributed by atoms with E-state index in [9.17, 15) is 18.0 Å². The summed E-state index contributed by atoms with van der Waals surface area (Å²) in [5.74, 6) is -0.940. The van der Waals surface area contributed by atoms with Gasteiger partial charge in [-0.2, -0.15) is 4.99 Å². The van der Waals surface area contributed by atoms with Crippen LogP contribution in [0.4, 0.5) is 0 Å². The molecule has 0 fully saturated rings. The van der Waals surface area contributed by atoms with Crippen LogP contribution in [0.3, 0.4) is 0 Å². The number of sulfone groups is 1. The lowest BCUT2D eigenvalue weighted by molar-refractivity contribution is -0.143. The highest BCUT2D eigenvalue weighted by Crippen LogP contribution is 2.19. The first-order valence-electron chi connectivity index (χ1n) is 8.84. The number of thiazole rings is 1. The Hall–Kier alpha value is -2.78. The minimum atomic E-state index is -3.35. The van der Waals surface area contributed by atoms with Crippen LogP contribution in [0.5, 0.6) is 0 Å². The minimum Gasteiger partial charge on any atom is -0.465 e. The van der Waals surface area contributed by atoms with E-state index in [4.69, 9.17) is 4.74 Å². The number of hydrogen-bond acceptors (Lipinski definition) is 6. The molecule has 0 saturated heterocycles. The van der Waals surface area contributed by atoms with Crippen molar-refractivity contribution in [2.45, 2.75) is 25.3 Å². The second-order valence-electron chi connectivity index (χ2n) is 6.46. The molecule has 152 valence electrons. The number of aromatic nitrogens is 1. The molecule has 0 aliphatic heterocycles. The number of esters is 1. The molecule has 2 aromatic carbocycles. The molecular weight excluding hydrogens is 412 g/mol. The molecule has 1 amide bonds. The van der Waals surface area contributed by atoms with Gasteiger partial charge in [-0.25, -0.2) is 8.42 Å². The van der Waals surface area contributed by atoms with Crippen LogP contribution < -0.4 is 4.80 Å². The predicted octanol–water partition coefficient (Wildman–Crippen LogP) is 2.72. The first-order valence-corrected chi connectivity index (χ1v) is 11.5. The summed E-state index contributed by atoms with van der Waals surface area (Å²) in [7, 11) is -3.35. The molecule has 0 spiro atoms. The van der Waals surface area contributed by atoms with Crippen LogP contribution >= 0.6 is 11.3 Å². The smallest absolute Gasteiger partial charge is 0.326 e. The zero-order chi connectivity index (χ0) is 21.2. The van der Waals surface area contributed by atoms with Crippen molar-refractivity contribution in [3.63, 3.8) is 0 Å². The van der Waals surface area contributed by atoms with E-state index in [2.05, 4.69) is 4.99 Å². The number of aryl methyl sites for hydroxylation is 1. The lowest BCUT2D eigenvalue weighted by atomic mass is 10.2. The Balaban J connectivity index is 2.06. The second-order valence-corrected chi connectivity index (χ2v) is 9.49. The molecular formula is C20H20N2O5S2. The summed E-state index contributed by atoms with van der Waals surface area (Å²) in [5, 5.41) is 0. The first-order chi connectivity index (χ1) is 13.7. The number of fused-ring (bicyclic) bond motifs is 1.